The van der Waals surface area contributed by atoms with Crippen molar-refractivity contribution in [3.05, 3.63) is 185 Å². The summed E-state index contributed by atoms with van der Waals surface area (Å²) in [6, 6.07) is 25.2. The van der Waals surface area contributed by atoms with Crippen molar-refractivity contribution in [1.82, 2.24) is 14.1 Å². The average molecular weight is 1050 g/mol. The molecule has 0 spiro atoms. The largest absolute Gasteiger partial charge is 0.417 e. The number of alkyl halides is 18. The first-order valence-electron chi connectivity index (χ1n) is 21.4. The molecule has 0 unspecified atom stereocenters. The molecule has 0 bridgehead atoms. The molecule has 74 heavy (non-hydrogen) atoms. The molecule has 0 atom stereocenters. The van der Waals surface area contributed by atoms with E-state index in [4.69, 9.17) is 4.98 Å². The van der Waals surface area contributed by atoms with Gasteiger partial charge in [-0.25, -0.2) is 4.98 Å². The smallest absolute Gasteiger partial charge is 0.294 e. The molecule has 3 nitrogen and oxygen atoms in total. The second-order valence-corrected chi connectivity index (χ2v) is 17.0. The third kappa shape index (κ3) is 8.80. The number of pyridine rings is 1. The Balaban J connectivity index is 1.25. The summed E-state index contributed by atoms with van der Waals surface area (Å²) in [5.74, 6) is -0.398. The number of hydrogen-bond acceptors (Lipinski definition) is 1. The summed E-state index contributed by atoms with van der Waals surface area (Å²) in [5.41, 5.74) is -11.5. The Hall–Kier alpha value is -7.97. The van der Waals surface area contributed by atoms with E-state index >= 15 is 0 Å². The van der Waals surface area contributed by atoms with Crippen molar-refractivity contribution < 1.29 is 79.0 Å². The van der Waals surface area contributed by atoms with E-state index in [1.807, 2.05) is 0 Å². The first-order valence-corrected chi connectivity index (χ1v) is 21.4. The maximum atomic E-state index is 14.4. The maximum absolute atomic E-state index is 14.4. The van der Waals surface area contributed by atoms with Gasteiger partial charge in [-0.3, -0.25) is 9.13 Å². The second-order valence-electron chi connectivity index (χ2n) is 17.0. The van der Waals surface area contributed by atoms with Crippen LogP contribution >= 0.6 is 0 Å². The first-order chi connectivity index (χ1) is 34.5. The van der Waals surface area contributed by atoms with Gasteiger partial charge in [0.25, 0.3) is 0 Å². The Morgan fingerprint density at radius 2 is 0.622 bits per heavy atom. The van der Waals surface area contributed by atoms with Crippen LogP contribution in [0.4, 0.5) is 79.0 Å². The Labute approximate surface area is 403 Å². The minimum absolute atomic E-state index is 0.0261. The van der Waals surface area contributed by atoms with Crippen molar-refractivity contribution in [3.63, 3.8) is 0 Å². The zero-order chi connectivity index (χ0) is 53.2. The second kappa shape index (κ2) is 16.8. The molecule has 0 aliphatic carbocycles. The number of benzene rings is 7. The van der Waals surface area contributed by atoms with Gasteiger partial charge in [0.1, 0.15) is 11.6 Å². The molecule has 21 heteroatoms. The molecule has 0 radical (unpaired) electrons. The lowest BCUT2D eigenvalue weighted by Gasteiger charge is -2.18. The highest BCUT2D eigenvalue weighted by Crippen LogP contribution is 2.46. The molecule has 0 aliphatic rings. The molecule has 0 saturated heterocycles. The normalized spacial score (nSPS) is 13.3. The molecule has 3 aromatic heterocycles. The van der Waals surface area contributed by atoms with Crippen LogP contribution in [0, 0.1) is 0 Å². The van der Waals surface area contributed by atoms with Crippen molar-refractivity contribution in [3.8, 4) is 45.0 Å². The van der Waals surface area contributed by atoms with Gasteiger partial charge in [0.2, 0.25) is 0 Å². The Morgan fingerprint density at radius 3 is 0.986 bits per heavy atom. The standard InChI is InChI=1S/C53H25F18N3/c54-48(55,56)30-11-13-34(40(24-30)52(66,67)68)26-9-15-44-38(19-26)36-5-1-3-7-42(36)73(44)46-21-29(28-17-32(50(60,61)62)23-33(18-28)51(63,64)65)22-47(72-46)74-43-8-4-2-6-37(43)39-20-27(10-16-45(39)74)35-14-12-31(49(57,58)59)25-41(35)53(69,70)71/h1-25H. The molecular weight excluding hydrogens is 1020 g/mol. The van der Waals surface area contributed by atoms with Gasteiger partial charge in [-0.15, -0.1) is 0 Å². The average Bonchev–Trinajstić information content (AvgIpc) is 3.84. The zero-order valence-electron chi connectivity index (χ0n) is 36.6. The van der Waals surface area contributed by atoms with E-state index in [2.05, 4.69) is 0 Å². The number of para-hydroxylation sites is 2. The van der Waals surface area contributed by atoms with Gasteiger partial charge in [0.15, 0.2) is 0 Å². The molecule has 10 aromatic rings. The third-order valence-corrected chi connectivity index (χ3v) is 12.4. The van der Waals surface area contributed by atoms with Gasteiger partial charge >= 0.3 is 37.1 Å². The lowest BCUT2D eigenvalue weighted by atomic mass is 9.95. The fourth-order valence-corrected chi connectivity index (χ4v) is 9.21. The molecule has 378 valence electrons. The van der Waals surface area contributed by atoms with Crippen LogP contribution in [-0.4, -0.2) is 14.1 Å². The number of fused-ring (bicyclic) bond motifs is 6. The minimum Gasteiger partial charge on any atom is -0.294 e. The molecule has 7 aromatic carbocycles. The van der Waals surface area contributed by atoms with E-state index in [9.17, 15) is 79.0 Å². The molecule has 0 N–H and O–H groups in total. The van der Waals surface area contributed by atoms with Gasteiger partial charge in [-0.05, 0) is 124 Å². The van der Waals surface area contributed by atoms with Gasteiger partial charge < -0.3 is 0 Å². The summed E-state index contributed by atoms with van der Waals surface area (Å²) >= 11 is 0. The van der Waals surface area contributed by atoms with Crippen LogP contribution in [0.1, 0.15) is 33.4 Å². The number of hydrogen-bond donors (Lipinski definition) is 0. The van der Waals surface area contributed by atoms with Gasteiger partial charge in [0.05, 0.1) is 55.4 Å². The van der Waals surface area contributed by atoms with Gasteiger partial charge in [-0.1, -0.05) is 60.7 Å². The van der Waals surface area contributed by atoms with Crippen molar-refractivity contribution in [2.45, 2.75) is 37.1 Å². The number of nitrogens with zero attached hydrogens (tertiary/aromatic N) is 3. The summed E-state index contributed by atoms with van der Waals surface area (Å²) in [6.45, 7) is 0. The molecule has 0 saturated carbocycles. The molecule has 0 aliphatic heterocycles. The summed E-state index contributed by atoms with van der Waals surface area (Å²) in [4.78, 5) is 4.88. The van der Waals surface area contributed by atoms with Crippen LogP contribution in [0.25, 0.3) is 88.6 Å². The van der Waals surface area contributed by atoms with Gasteiger partial charge in [-0.2, -0.15) is 79.0 Å². The lowest BCUT2D eigenvalue weighted by Crippen LogP contribution is -2.12. The van der Waals surface area contributed by atoms with E-state index in [1.165, 1.54) is 81.9 Å². The van der Waals surface area contributed by atoms with Crippen LogP contribution in [0.5, 0.6) is 0 Å². The van der Waals surface area contributed by atoms with E-state index in [0.717, 1.165) is 12.1 Å². The van der Waals surface area contributed by atoms with Crippen LogP contribution in [-0.2, 0) is 37.1 Å². The third-order valence-electron chi connectivity index (χ3n) is 12.4. The topological polar surface area (TPSA) is 22.8 Å². The Bertz CT molecular complexity index is 3640. The Kier molecular flexibility index (Phi) is 11.3. The lowest BCUT2D eigenvalue weighted by molar-refractivity contribution is -0.144. The zero-order valence-corrected chi connectivity index (χ0v) is 36.6. The quantitative estimate of drug-likeness (QED) is 0.158. The number of rotatable bonds is 5. The highest BCUT2D eigenvalue weighted by Gasteiger charge is 2.41. The van der Waals surface area contributed by atoms with Crippen LogP contribution in [0.2, 0.25) is 0 Å². The van der Waals surface area contributed by atoms with Crippen molar-refractivity contribution in [1.29, 1.82) is 0 Å². The minimum atomic E-state index is -5.30. The summed E-state index contributed by atoms with van der Waals surface area (Å²) in [7, 11) is 0. The van der Waals surface area contributed by atoms with E-state index in [-0.39, 0.29) is 79.4 Å². The molecule has 10 rings (SSSR count). The van der Waals surface area contributed by atoms with Crippen LogP contribution < -0.4 is 0 Å². The molecule has 0 amide bonds. The van der Waals surface area contributed by atoms with Crippen LogP contribution in [0.3, 0.4) is 0 Å². The molecular formula is C53H25F18N3. The molecule has 0 fully saturated rings. The van der Waals surface area contributed by atoms with Crippen molar-refractivity contribution in [2.75, 3.05) is 0 Å². The van der Waals surface area contributed by atoms with E-state index < -0.39 is 87.1 Å². The van der Waals surface area contributed by atoms with E-state index in [1.54, 1.807) is 12.1 Å². The monoisotopic (exact) mass is 1050 g/mol. The highest BCUT2D eigenvalue weighted by atomic mass is 19.4. The molecule has 3 heterocycles. The number of aromatic nitrogens is 3. The van der Waals surface area contributed by atoms with Crippen molar-refractivity contribution in [2.24, 2.45) is 0 Å². The summed E-state index contributed by atoms with van der Waals surface area (Å²) in [5, 5.41) is 0.985. The van der Waals surface area contributed by atoms with Crippen LogP contribution in [0.15, 0.2) is 152 Å². The highest BCUT2D eigenvalue weighted by molar-refractivity contribution is 6.12. The fourth-order valence-electron chi connectivity index (χ4n) is 9.21. The van der Waals surface area contributed by atoms with Gasteiger partial charge in [0, 0.05) is 21.5 Å². The van der Waals surface area contributed by atoms with Crippen molar-refractivity contribution >= 4 is 43.6 Å². The number of halogens is 18. The summed E-state index contributed by atoms with van der Waals surface area (Å²) < 4.78 is 257. The predicted octanol–water partition coefficient (Wildman–Crippen LogP) is 18.4. The fraction of sp³-hybridized carbons (Fsp3) is 0.113. The SMILES string of the molecule is FC(F)(F)c1cc(-c2cc(-n3c4ccccc4c4cc(-c5ccc(C(F)(F)F)cc5C(F)(F)F)ccc43)nc(-n3c4ccccc4c4cc(-c5ccc(C(F)(F)F)cc5C(F)(F)F)ccc43)c2)cc(C(F)(F)F)c1. The van der Waals surface area contributed by atoms with E-state index in [0.29, 0.717) is 47.2 Å². The summed E-state index contributed by atoms with van der Waals surface area (Å²) in [6.07, 6.45) is -31.4. The first kappa shape index (κ1) is 49.6. The predicted molar refractivity (Wildman–Crippen MR) is 239 cm³/mol. The maximum Gasteiger partial charge on any atom is 0.417 e. The Morgan fingerprint density at radius 1 is 0.270 bits per heavy atom.